The average molecular weight is 381 g/mol. The van der Waals surface area contributed by atoms with Crippen molar-refractivity contribution in [3.63, 3.8) is 0 Å². The van der Waals surface area contributed by atoms with Crippen molar-refractivity contribution in [2.45, 2.75) is 49.6 Å². The highest BCUT2D eigenvalue weighted by Crippen LogP contribution is 2.42. The van der Waals surface area contributed by atoms with Crippen LogP contribution in [0.1, 0.15) is 37.7 Å². The molecule has 142 valence electrons. The van der Waals surface area contributed by atoms with Gasteiger partial charge in [0.2, 0.25) is 11.9 Å². The molecule has 2 aliphatic rings. The summed E-state index contributed by atoms with van der Waals surface area (Å²) in [5, 5.41) is 0. The summed E-state index contributed by atoms with van der Waals surface area (Å²) in [5.74, 6) is 0.360. The second-order valence-electron chi connectivity index (χ2n) is 6.58. The Balaban J connectivity index is 2.19. The summed E-state index contributed by atoms with van der Waals surface area (Å²) in [6, 6.07) is 2.89. The third-order valence-corrected chi connectivity index (χ3v) is 5.73. The van der Waals surface area contributed by atoms with Gasteiger partial charge in [0, 0.05) is 6.07 Å². The van der Waals surface area contributed by atoms with E-state index in [9.17, 15) is 13.0 Å². The first-order valence-corrected chi connectivity index (χ1v) is 9.78. The molecular formula is C16H23N5O4S. The molecule has 0 bridgehead atoms. The molecule has 0 atom stereocenters. The molecule has 9 nitrogen and oxygen atoms in total. The maximum Gasteiger partial charge on any atom is 0.298 e. The van der Waals surface area contributed by atoms with E-state index in [2.05, 4.69) is 9.98 Å². The van der Waals surface area contributed by atoms with E-state index < -0.39 is 15.8 Å². The van der Waals surface area contributed by atoms with Gasteiger partial charge in [-0.05, 0) is 44.2 Å². The normalized spacial score (nSPS) is 19.9. The number of nitrogens with two attached hydrogens (primary N) is 2. The van der Waals surface area contributed by atoms with E-state index in [1.54, 1.807) is 11.8 Å². The Morgan fingerprint density at radius 2 is 1.88 bits per heavy atom. The van der Waals surface area contributed by atoms with E-state index in [4.69, 9.17) is 16.2 Å². The predicted molar refractivity (Wildman–Crippen MR) is 99.1 cm³/mol. The van der Waals surface area contributed by atoms with Gasteiger partial charge in [0.25, 0.3) is 10.1 Å². The van der Waals surface area contributed by atoms with E-state index in [1.165, 1.54) is 19.2 Å². The number of nitrogens with zero attached hydrogens (tertiary/aromatic N) is 3. The maximum absolute atomic E-state index is 11.6. The van der Waals surface area contributed by atoms with Crippen molar-refractivity contribution < 1.29 is 17.7 Å². The average Bonchev–Trinajstić information content (AvgIpc) is 2.55. The monoisotopic (exact) mass is 381 g/mol. The van der Waals surface area contributed by atoms with Crippen LogP contribution in [-0.2, 0) is 10.1 Å². The molecule has 1 aromatic rings. The Morgan fingerprint density at radius 3 is 2.46 bits per heavy atom. The largest absolute Gasteiger partial charge is 0.495 e. The molecule has 10 heteroatoms. The number of benzene rings is 1. The van der Waals surface area contributed by atoms with Gasteiger partial charge in [0.05, 0.1) is 12.8 Å². The van der Waals surface area contributed by atoms with Gasteiger partial charge in [-0.3, -0.25) is 9.45 Å². The minimum Gasteiger partial charge on any atom is -0.495 e. The third kappa shape index (κ3) is 3.10. The van der Waals surface area contributed by atoms with Crippen LogP contribution in [0.4, 0.5) is 5.69 Å². The predicted octanol–water partition coefficient (Wildman–Crippen LogP) is 1.36. The highest BCUT2D eigenvalue weighted by Gasteiger charge is 2.43. The fraction of sp³-hybridized carbons (Fsp3) is 0.500. The molecule has 0 saturated heterocycles. The van der Waals surface area contributed by atoms with Gasteiger partial charge in [-0.25, -0.2) is 4.99 Å². The first-order valence-electron chi connectivity index (χ1n) is 8.34. The van der Waals surface area contributed by atoms with Crippen LogP contribution in [-0.4, -0.2) is 37.7 Å². The Morgan fingerprint density at radius 1 is 1.23 bits per heavy atom. The number of aryl methyl sites for hydroxylation is 1. The van der Waals surface area contributed by atoms with Crippen LogP contribution in [0.2, 0.25) is 0 Å². The van der Waals surface area contributed by atoms with Gasteiger partial charge in [-0.1, -0.05) is 6.42 Å². The highest BCUT2D eigenvalue weighted by atomic mass is 32.2. The minimum atomic E-state index is -4.42. The zero-order valence-electron chi connectivity index (χ0n) is 14.8. The smallest absolute Gasteiger partial charge is 0.298 e. The summed E-state index contributed by atoms with van der Waals surface area (Å²) in [4.78, 5) is 10.2. The molecule has 0 radical (unpaired) electrons. The SMILES string of the molecule is COc1cc(N2C(N)=NC(N)=NC23CCCCC3)c(C)cc1S(=O)(=O)O. The van der Waals surface area contributed by atoms with E-state index >= 15 is 0 Å². The quantitative estimate of drug-likeness (QED) is 0.671. The molecule has 1 spiro atoms. The van der Waals surface area contributed by atoms with Crippen LogP contribution in [0.25, 0.3) is 0 Å². The van der Waals surface area contributed by atoms with Crippen molar-refractivity contribution in [2.75, 3.05) is 12.0 Å². The van der Waals surface area contributed by atoms with Gasteiger partial charge in [0.1, 0.15) is 16.3 Å². The number of ether oxygens (including phenoxy) is 1. The van der Waals surface area contributed by atoms with E-state index in [1.807, 2.05) is 0 Å². The molecule has 1 aliphatic carbocycles. The lowest BCUT2D eigenvalue weighted by Gasteiger charge is -2.46. The van der Waals surface area contributed by atoms with Crippen LogP contribution < -0.4 is 21.1 Å². The second-order valence-corrected chi connectivity index (χ2v) is 7.97. The van der Waals surface area contributed by atoms with Crippen LogP contribution in [0.3, 0.4) is 0 Å². The number of methoxy groups -OCH3 is 1. The summed E-state index contributed by atoms with van der Waals surface area (Å²) in [7, 11) is -3.09. The Hall–Kier alpha value is -2.33. The molecule has 5 N–H and O–H groups in total. The van der Waals surface area contributed by atoms with Crippen molar-refractivity contribution in [3.8, 4) is 5.75 Å². The van der Waals surface area contributed by atoms with Crippen LogP contribution in [0.15, 0.2) is 27.0 Å². The number of aliphatic imine (C=N–C) groups is 2. The summed E-state index contributed by atoms with van der Waals surface area (Å²) in [5.41, 5.74) is 12.6. The third-order valence-electron chi connectivity index (χ3n) is 4.85. The number of hydrogen-bond donors (Lipinski definition) is 3. The summed E-state index contributed by atoms with van der Waals surface area (Å²) >= 11 is 0. The lowest BCUT2D eigenvalue weighted by atomic mass is 9.87. The van der Waals surface area contributed by atoms with Gasteiger partial charge >= 0.3 is 0 Å². The molecular weight excluding hydrogens is 358 g/mol. The second kappa shape index (κ2) is 6.44. The van der Waals surface area contributed by atoms with Crippen molar-refractivity contribution in [1.82, 2.24) is 0 Å². The van der Waals surface area contributed by atoms with Gasteiger partial charge in [-0.15, -0.1) is 0 Å². The summed E-state index contributed by atoms with van der Waals surface area (Å²) in [6.45, 7) is 1.73. The number of hydrogen-bond acceptors (Lipinski definition) is 8. The lowest BCUT2D eigenvalue weighted by molar-refractivity contribution is 0.305. The lowest BCUT2D eigenvalue weighted by Crippen LogP contribution is -2.58. The van der Waals surface area contributed by atoms with Gasteiger partial charge in [0.15, 0.2) is 0 Å². The van der Waals surface area contributed by atoms with E-state index in [0.717, 1.165) is 32.1 Å². The molecule has 26 heavy (non-hydrogen) atoms. The van der Waals surface area contributed by atoms with Crippen molar-refractivity contribution >= 4 is 27.7 Å². The fourth-order valence-electron chi connectivity index (χ4n) is 3.72. The van der Waals surface area contributed by atoms with Crippen molar-refractivity contribution in [1.29, 1.82) is 0 Å². The molecule has 1 aliphatic heterocycles. The van der Waals surface area contributed by atoms with Crippen molar-refractivity contribution in [3.05, 3.63) is 17.7 Å². The highest BCUT2D eigenvalue weighted by molar-refractivity contribution is 7.86. The van der Waals surface area contributed by atoms with Crippen molar-refractivity contribution in [2.24, 2.45) is 21.5 Å². The zero-order chi connectivity index (χ0) is 19.1. The van der Waals surface area contributed by atoms with Crippen LogP contribution in [0, 0.1) is 6.92 Å². The Labute approximate surface area is 152 Å². The van der Waals surface area contributed by atoms with Crippen LogP contribution in [0.5, 0.6) is 5.75 Å². The van der Waals surface area contributed by atoms with E-state index in [-0.39, 0.29) is 22.6 Å². The molecule has 3 rings (SSSR count). The van der Waals surface area contributed by atoms with Gasteiger partial charge < -0.3 is 16.2 Å². The summed E-state index contributed by atoms with van der Waals surface area (Å²) < 4.78 is 37.9. The molecule has 0 unspecified atom stereocenters. The maximum atomic E-state index is 11.6. The summed E-state index contributed by atoms with van der Waals surface area (Å²) in [6.07, 6.45) is 4.56. The standard InChI is InChI=1S/C16H23N5O4S/c1-10-8-13(26(22,23)24)12(25-2)9-11(10)21-15(18)19-14(17)20-16(21)6-4-3-5-7-16/h8-9H,3-7H2,1-2H3,(H,22,23,24)(H4,17,18,19,20). The Bertz CT molecular complexity index is 888. The first-order chi connectivity index (χ1) is 12.2. The molecule has 0 aromatic heterocycles. The first kappa shape index (κ1) is 18.5. The molecule has 1 fully saturated rings. The molecule has 0 amide bonds. The number of rotatable bonds is 3. The zero-order valence-corrected chi connectivity index (χ0v) is 15.6. The molecule has 1 aromatic carbocycles. The molecule has 1 heterocycles. The van der Waals surface area contributed by atoms with Crippen LogP contribution >= 0.6 is 0 Å². The number of guanidine groups is 2. The van der Waals surface area contributed by atoms with Gasteiger partial charge in [-0.2, -0.15) is 13.4 Å². The molecule has 1 saturated carbocycles. The minimum absolute atomic E-state index is 0.0226. The number of anilines is 1. The topological polar surface area (TPSA) is 144 Å². The van der Waals surface area contributed by atoms with E-state index in [0.29, 0.717) is 11.3 Å². The fourth-order valence-corrected chi connectivity index (χ4v) is 4.44. The Kier molecular flexibility index (Phi) is 4.57.